The van der Waals surface area contributed by atoms with Crippen molar-refractivity contribution in [2.45, 2.75) is 25.0 Å². The minimum Gasteiger partial charge on any atom is -0.387 e. The second-order valence-corrected chi connectivity index (χ2v) is 6.34. The van der Waals surface area contributed by atoms with Crippen LogP contribution in [0.15, 0.2) is 42.7 Å². The first kappa shape index (κ1) is 14.6. The highest BCUT2D eigenvalue weighted by Gasteiger charge is 2.35. The number of nitrogens with zero attached hydrogens (tertiary/aromatic N) is 4. The summed E-state index contributed by atoms with van der Waals surface area (Å²) in [5.74, 6) is 0.810. The zero-order valence-electron chi connectivity index (χ0n) is 13.2. The van der Waals surface area contributed by atoms with E-state index >= 15 is 0 Å². The minimum absolute atomic E-state index is 0.198. The molecule has 2 aromatic rings. The van der Waals surface area contributed by atoms with Crippen LogP contribution in [0, 0.1) is 0 Å². The summed E-state index contributed by atoms with van der Waals surface area (Å²) in [7, 11) is 0. The Balaban J connectivity index is 1.46. The Bertz CT molecular complexity index is 663. The zero-order chi connectivity index (χ0) is 15.6. The molecular weight excluding hydrogens is 288 g/mol. The maximum atomic E-state index is 10.7. The van der Waals surface area contributed by atoms with Gasteiger partial charge in [-0.2, -0.15) is 0 Å². The van der Waals surface area contributed by atoms with Crippen LogP contribution in [0.1, 0.15) is 23.7 Å². The molecule has 23 heavy (non-hydrogen) atoms. The molecule has 5 nitrogen and oxygen atoms in total. The number of hydrogen-bond donors (Lipinski definition) is 1. The first-order chi connectivity index (χ1) is 11.3. The van der Waals surface area contributed by atoms with Gasteiger partial charge in [-0.15, -0.1) is 0 Å². The first-order valence-corrected chi connectivity index (χ1v) is 8.35. The number of hydrogen-bond acceptors (Lipinski definition) is 5. The van der Waals surface area contributed by atoms with Crippen LogP contribution in [-0.2, 0) is 6.42 Å². The highest BCUT2D eigenvalue weighted by Crippen LogP contribution is 2.34. The molecule has 5 heteroatoms. The lowest BCUT2D eigenvalue weighted by molar-refractivity contribution is 0.0647. The summed E-state index contributed by atoms with van der Waals surface area (Å²) in [5.41, 5.74) is 2.39. The van der Waals surface area contributed by atoms with Crippen LogP contribution in [-0.4, -0.2) is 52.2 Å². The third-order valence-corrected chi connectivity index (χ3v) is 5.00. The molecule has 0 spiro atoms. The normalized spacial score (nSPS) is 25.2. The van der Waals surface area contributed by atoms with Gasteiger partial charge in [-0.25, -0.2) is 9.97 Å². The molecule has 1 aliphatic heterocycles. The summed E-state index contributed by atoms with van der Waals surface area (Å²) in [6.45, 7) is 3.83. The highest BCUT2D eigenvalue weighted by atomic mass is 16.3. The topological polar surface area (TPSA) is 52.5 Å². The molecule has 4 rings (SSSR count). The summed E-state index contributed by atoms with van der Waals surface area (Å²) < 4.78 is 0. The van der Waals surface area contributed by atoms with E-state index in [1.54, 1.807) is 12.4 Å². The van der Waals surface area contributed by atoms with Gasteiger partial charge in [-0.05, 0) is 30.0 Å². The Kier molecular flexibility index (Phi) is 3.97. The van der Waals surface area contributed by atoms with Crippen LogP contribution in [0.2, 0.25) is 0 Å². The van der Waals surface area contributed by atoms with E-state index in [1.807, 2.05) is 12.1 Å². The lowest BCUT2D eigenvalue weighted by atomic mass is 10.1. The largest absolute Gasteiger partial charge is 0.387 e. The predicted molar refractivity (Wildman–Crippen MR) is 89.3 cm³/mol. The molecule has 1 fully saturated rings. The van der Waals surface area contributed by atoms with Crippen molar-refractivity contribution >= 4 is 5.95 Å². The Morgan fingerprint density at radius 3 is 2.61 bits per heavy atom. The van der Waals surface area contributed by atoms with Crippen molar-refractivity contribution in [2.75, 3.05) is 31.1 Å². The molecule has 0 amide bonds. The van der Waals surface area contributed by atoms with Gasteiger partial charge in [0.2, 0.25) is 5.95 Å². The maximum Gasteiger partial charge on any atom is 0.225 e. The molecule has 2 heterocycles. The van der Waals surface area contributed by atoms with Crippen molar-refractivity contribution in [3.63, 3.8) is 0 Å². The average Bonchev–Trinajstić information content (AvgIpc) is 2.78. The average molecular weight is 310 g/mol. The third-order valence-electron chi connectivity index (χ3n) is 5.00. The Labute approximate surface area is 136 Å². The molecule has 2 atom stereocenters. The van der Waals surface area contributed by atoms with Gasteiger partial charge in [0, 0.05) is 44.6 Å². The predicted octanol–water partition coefficient (Wildman–Crippen LogP) is 1.65. The van der Waals surface area contributed by atoms with Gasteiger partial charge in [0.1, 0.15) is 0 Å². The Hall–Kier alpha value is -1.98. The zero-order valence-corrected chi connectivity index (χ0v) is 13.2. The van der Waals surface area contributed by atoms with Crippen LogP contribution in [0.4, 0.5) is 5.95 Å². The quantitative estimate of drug-likeness (QED) is 0.914. The lowest BCUT2D eigenvalue weighted by Gasteiger charge is -2.30. The molecular formula is C18H22N4O. The van der Waals surface area contributed by atoms with E-state index in [0.717, 1.165) is 50.5 Å². The second kappa shape index (κ2) is 6.26. The Morgan fingerprint density at radius 2 is 1.78 bits per heavy atom. The fraction of sp³-hybridized carbons (Fsp3) is 0.444. The number of fused-ring (bicyclic) bond motifs is 1. The molecule has 0 radical (unpaired) electrons. The fourth-order valence-electron chi connectivity index (χ4n) is 3.81. The van der Waals surface area contributed by atoms with Crippen LogP contribution in [0.25, 0.3) is 0 Å². The molecule has 120 valence electrons. The van der Waals surface area contributed by atoms with Gasteiger partial charge in [0.25, 0.3) is 0 Å². The van der Waals surface area contributed by atoms with Crippen molar-refractivity contribution in [1.29, 1.82) is 0 Å². The molecule has 1 N–H and O–H groups in total. The fourth-order valence-corrected chi connectivity index (χ4v) is 3.81. The summed E-state index contributed by atoms with van der Waals surface area (Å²) in [6, 6.07) is 10.3. The van der Waals surface area contributed by atoms with Crippen LogP contribution >= 0.6 is 0 Å². The number of aromatic nitrogens is 2. The van der Waals surface area contributed by atoms with Crippen molar-refractivity contribution in [3.8, 4) is 0 Å². The van der Waals surface area contributed by atoms with Gasteiger partial charge in [-0.3, -0.25) is 4.90 Å². The van der Waals surface area contributed by atoms with Gasteiger partial charge >= 0.3 is 0 Å². The van der Waals surface area contributed by atoms with Gasteiger partial charge in [0.05, 0.1) is 6.10 Å². The van der Waals surface area contributed by atoms with Crippen molar-refractivity contribution in [2.24, 2.45) is 0 Å². The number of aliphatic hydroxyl groups is 1. The van der Waals surface area contributed by atoms with E-state index in [4.69, 9.17) is 0 Å². The Morgan fingerprint density at radius 1 is 0.957 bits per heavy atom. The molecule has 1 saturated heterocycles. The summed E-state index contributed by atoms with van der Waals surface area (Å²) in [6.07, 6.45) is 5.23. The van der Waals surface area contributed by atoms with E-state index in [2.05, 4.69) is 38.0 Å². The second-order valence-electron chi connectivity index (χ2n) is 6.34. The van der Waals surface area contributed by atoms with Crippen LogP contribution < -0.4 is 4.90 Å². The van der Waals surface area contributed by atoms with Crippen molar-refractivity contribution < 1.29 is 5.11 Å². The van der Waals surface area contributed by atoms with Gasteiger partial charge < -0.3 is 10.0 Å². The van der Waals surface area contributed by atoms with E-state index in [-0.39, 0.29) is 12.1 Å². The monoisotopic (exact) mass is 310 g/mol. The van der Waals surface area contributed by atoms with Crippen molar-refractivity contribution in [3.05, 3.63) is 53.9 Å². The molecule has 1 aliphatic carbocycles. The smallest absolute Gasteiger partial charge is 0.225 e. The van der Waals surface area contributed by atoms with E-state index in [0.29, 0.717) is 0 Å². The van der Waals surface area contributed by atoms with E-state index in [9.17, 15) is 5.11 Å². The minimum atomic E-state index is -0.370. The van der Waals surface area contributed by atoms with Gasteiger partial charge in [0.15, 0.2) is 0 Å². The summed E-state index contributed by atoms with van der Waals surface area (Å²) in [5, 5.41) is 10.7. The molecule has 0 saturated carbocycles. The maximum absolute atomic E-state index is 10.7. The first-order valence-electron chi connectivity index (χ1n) is 8.35. The van der Waals surface area contributed by atoms with Crippen LogP contribution in [0.5, 0.6) is 0 Å². The van der Waals surface area contributed by atoms with Crippen molar-refractivity contribution in [1.82, 2.24) is 14.9 Å². The number of rotatable bonds is 2. The van der Waals surface area contributed by atoms with Gasteiger partial charge in [-0.1, -0.05) is 24.3 Å². The summed E-state index contributed by atoms with van der Waals surface area (Å²) >= 11 is 0. The molecule has 2 aliphatic rings. The lowest BCUT2D eigenvalue weighted by Crippen LogP contribution is -2.41. The molecule has 1 aromatic carbocycles. The number of benzene rings is 1. The number of anilines is 1. The standard InChI is InChI=1S/C18H22N4O/c23-17-15-6-2-1-5-14(15)13-16(17)21-9-4-10-22(12-11-21)18-19-7-3-8-20-18/h1-3,5-8,16-17,23H,4,9-13H2/t16-,17-/m1/s1. The van der Waals surface area contributed by atoms with E-state index < -0.39 is 0 Å². The molecule has 0 bridgehead atoms. The highest BCUT2D eigenvalue weighted by molar-refractivity contribution is 5.36. The number of aliphatic hydroxyl groups excluding tert-OH is 1. The van der Waals surface area contributed by atoms with Crippen LogP contribution in [0.3, 0.4) is 0 Å². The third kappa shape index (κ3) is 2.82. The molecule has 1 aromatic heterocycles. The SMILES string of the molecule is O[C@@H]1c2ccccc2C[C@H]1N1CCCN(c2ncccn2)CC1. The summed E-state index contributed by atoms with van der Waals surface area (Å²) in [4.78, 5) is 13.4. The van der Waals surface area contributed by atoms with E-state index in [1.165, 1.54) is 5.56 Å². The molecule has 0 unspecified atom stereocenters.